The van der Waals surface area contributed by atoms with E-state index in [-0.39, 0.29) is 36.1 Å². The number of ether oxygens (including phenoxy) is 1. The number of carbonyl (C=O) groups excluding carboxylic acids is 1. The second kappa shape index (κ2) is 9.41. The van der Waals surface area contributed by atoms with E-state index in [1.807, 2.05) is 29.6 Å². The highest BCUT2D eigenvalue weighted by molar-refractivity contribution is 7.14. The van der Waals surface area contributed by atoms with Gasteiger partial charge in [-0.1, -0.05) is 6.07 Å². The number of benzene rings is 2. The van der Waals surface area contributed by atoms with Crippen molar-refractivity contribution in [2.24, 2.45) is 0 Å². The fourth-order valence-electron chi connectivity index (χ4n) is 2.93. The number of alkyl halides is 3. The minimum Gasteiger partial charge on any atom is -0.497 e. The Morgan fingerprint density at radius 2 is 1.91 bits per heavy atom. The Hall–Kier alpha value is -3.73. The van der Waals surface area contributed by atoms with Crippen LogP contribution in [0.1, 0.15) is 17.9 Å². The molecule has 0 saturated heterocycles. The van der Waals surface area contributed by atoms with Crippen LogP contribution in [0.25, 0.3) is 22.7 Å². The Morgan fingerprint density at radius 1 is 1.12 bits per heavy atom. The van der Waals surface area contributed by atoms with Crippen molar-refractivity contribution in [3.05, 3.63) is 65.4 Å². The van der Waals surface area contributed by atoms with Crippen molar-refractivity contribution in [2.75, 3.05) is 12.4 Å². The first-order chi connectivity index (χ1) is 15.8. The van der Waals surface area contributed by atoms with Crippen molar-refractivity contribution in [3.63, 3.8) is 0 Å². The monoisotopic (exact) mass is 474 g/mol. The van der Waals surface area contributed by atoms with E-state index < -0.39 is 11.7 Å². The van der Waals surface area contributed by atoms with Crippen LogP contribution in [0.4, 0.5) is 18.3 Å². The molecule has 7 nitrogen and oxygen atoms in total. The van der Waals surface area contributed by atoms with Crippen molar-refractivity contribution in [1.82, 2.24) is 15.2 Å². The lowest BCUT2D eigenvalue weighted by Gasteiger charge is -2.06. The summed E-state index contributed by atoms with van der Waals surface area (Å²) >= 11 is 1.29. The molecule has 0 spiro atoms. The fourth-order valence-corrected chi connectivity index (χ4v) is 3.66. The van der Waals surface area contributed by atoms with Gasteiger partial charge in [0.2, 0.25) is 17.7 Å². The molecule has 0 bridgehead atoms. The number of methoxy groups -OCH3 is 1. The average molecular weight is 474 g/mol. The highest BCUT2D eigenvalue weighted by Crippen LogP contribution is 2.32. The number of hydrogen-bond donors (Lipinski definition) is 1. The summed E-state index contributed by atoms with van der Waals surface area (Å²) in [5, 5.41) is 12.6. The Morgan fingerprint density at radius 3 is 2.64 bits per heavy atom. The first-order valence-electron chi connectivity index (χ1n) is 9.71. The first kappa shape index (κ1) is 22.5. The van der Waals surface area contributed by atoms with Crippen LogP contribution in [-0.4, -0.2) is 28.2 Å². The summed E-state index contributed by atoms with van der Waals surface area (Å²) in [4.78, 5) is 16.7. The van der Waals surface area contributed by atoms with Gasteiger partial charge < -0.3 is 14.5 Å². The van der Waals surface area contributed by atoms with Gasteiger partial charge in [-0.2, -0.15) is 13.2 Å². The normalized spacial score (nSPS) is 11.4. The number of halogens is 3. The zero-order chi connectivity index (χ0) is 23.4. The molecule has 4 aromatic rings. The Labute approximate surface area is 190 Å². The number of anilines is 1. The third kappa shape index (κ3) is 5.55. The number of nitrogens with zero attached hydrogens (tertiary/aromatic N) is 3. The number of amides is 1. The van der Waals surface area contributed by atoms with Crippen molar-refractivity contribution < 1.29 is 27.1 Å². The average Bonchev–Trinajstić information content (AvgIpc) is 3.47. The maximum absolute atomic E-state index is 12.9. The van der Waals surface area contributed by atoms with Crippen LogP contribution in [0.15, 0.2) is 58.3 Å². The van der Waals surface area contributed by atoms with Gasteiger partial charge in [-0.25, -0.2) is 4.98 Å². The molecule has 2 aromatic heterocycles. The zero-order valence-electron chi connectivity index (χ0n) is 17.2. The summed E-state index contributed by atoms with van der Waals surface area (Å²) in [6, 6.07) is 12.0. The topological polar surface area (TPSA) is 90.1 Å². The number of thiazole rings is 1. The summed E-state index contributed by atoms with van der Waals surface area (Å²) in [7, 11) is 1.59. The molecule has 11 heteroatoms. The molecule has 0 fully saturated rings. The maximum atomic E-state index is 12.9. The number of aromatic nitrogens is 3. The van der Waals surface area contributed by atoms with Gasteiger partial charge in [-0.3, -0.25) is 4.79 Å². The lowest BCUT2D eigenvalue weighted by Crippen LogP contribution is -2.12. The van der Waals surface area contributed by atoms with Crippen molar-refractivity contribution in [3.8, 4) is 28.5 Å². The van der Waals surface area contributed by atoms with Crippen LogP contribution < -0.4 is 10.1 Å². The van der Waals surface area contributed by atoms with Gasteiger partial charge in [0.05, 0.1) is 18.4 Å². The van der Waals surface area contributed by atoms with Crippen LogP contribution in [-0.2, 0) is 17.4 Å². The zero-order valence-corrected chi connectivity index (χ0v) is 18.0. The maximum Gasteiger partial charge on any atom is 0.416 e. The standard InChI is InChI=1S/C22H17F3N4O3S/c1-31-16-7-5-13(6-8-16)17-12-33-21(26-17)27-18(30)9-10-19-28-29-20(32-19)14-3-2-4-15(11-14)22(23,24)25/h2-8,11-12H,9-10H2,1H3,(H,26,27,30). The molecule has 2 heterocycles. The molecule has 0 aliphatic carbocycles. The highest BCUT2D eigenvalue weighted by atomic mass is 32.1. The largest absolute Gasteiger partial charge is 0.497 e. The fraction of sp³-hybridized carbons (Fsp3) is 0.182. The van der Waals surface area contributed by atoms with E-state index >= 15 is 0 Å². The third-order valence-corrected chi connectivity index (χ3v) is 5.36. The molecule has 2 aromatic carbocycles. The summed E-state index contributed by atoms with van der Waals surface area (Å²) in [6.45, 7) is 0. The van der Waals surface area contributed by atoms with E-state index in [4.69, 9.17) is 9.15 Å². The molecule has 4 rings (SSSR count). The van der Waals surface area contributed by atoms with Crippen molar-refractivity contribution >= 4 is 22.4 Å². The van der Waals surface area contributed by atoms with E-state index in [1.54, 1.807) is 7.11 Å². The number of nitrogens with one attached hydrogen (secondary N) is 1. The van der Waals surface area contributed by atoms with Gasteiger partial charge >= 0.3 is 6.18 Å². The van der Waals surface area contributed by atoms with E-state index in [9.17, 15) is 18.0 Å². The first-order valence-corrected chi connectivity index (χ1v) is 10.6. The van der Waals surface area contributed by atoms with E-state index in [2.05, 4.69) is 20.5 Å². The molecule has 0 radical (unpaired) electrons. The molecule has 0 aliphatic heterocycles. The van der Waals surface area contributed by atoms with Crippen LogP contribution in [0.5, 0.6) is 5.75 Å². The van der Waals surface area contributed by atoms with Gasteiger partial charge in [-0.05, 0) is 42.5 Å². The minimum absolute atomic E-state index is 0.0411. The van der Waals surface area contributed by atoms with Gasteiger partial charge in [-0.15, -0.1) is 21.5 Å². The second-order valence-electron chi connectivity index (χ2n) is 6.89. The van der Waals surface area contributed by atoms with Crippen molar-refractivity contribution in [2.45, 2.75) is 19.0 Å². The Bertz CT molecular complexity index is 1250. The minimum atomic E-state index is -4.47. The summed E-state index contributed by atoms with van der Waals surface area (Å²) in [5.41, 5.74) is 0.958. The van der Waals surface area contributed by atoms with Crippen LogP contribution in [0, 0.1) is 0 Å². The van der Waals surface area contributed by atoms with Crippen molar-refractivity contribution in [1.29, 1.82) is 0 Å². The van der Waals surface area contributed by atoms with Crippen LogP contribution in [0.3, 0.4) is 0 Å². The molecular formula is C22H17F3N4O3S. The molecule has 1 N–H and O–H groups in total. The summed E-state index contributed by atoms with van der Waals surface area (Å²) in [5.74, 6) is 0.542. The van der Waals surface area contributed by atoms with Gasteiger partial charge in [0.25, 0.3) is 0 Å². The molecule has 170 valence electrons. The Kier molecular flexibility index (Phi) is 6.40. The number of rotatable bonds is 7. The number of carbonyl (C=O) groups is 1. The number of hydrogen-bond acceptors (Lipinski definition) is 7. The molecule has 0 aliphatic rings. The predicted molar refractivity (Wildman–Crippen MR) is 116 cm³/mol. The summed E-state index contributed by atoms with van der Waals surface area (Å²) in [6.07, 6.45) is -4.30. The molecule has 0 atom stereocenters. The smallest absolute Gasteiger partial charge is 0.416 e. The van der Waals surface area contributed by atoms with Crippen LogP contribution in [0.2, 0.25) is 0 Å². The molecule has 0 unspecified atom stereocenters. The lowest BCUT2D eigenvalue weighted by atomic mass is 10.1. The van der Waals surface area contributed by atoms with Gasteiger partial charge in [0, 0.05) is 29.3 Å². The van der Waals surface area contributed by atoms with E-state index in [0.717, 1.165) is 29.1 Å². The van der Waals surface area contributed by atoms with Crippen LogP contribution >= 0.6 is 11.3 Å². The van der Waals surface area contributed by atoms with E-state index in [0.29, 0.717) is 5.13 Å². The summed E-state index contributed by atoms with van der Waals surface area (Å²) < 4.78 is 49.2. The Balaban J connectivity index is 1.34. The van der Waals surface area contributed by atoms with E-state index in [1.165, 1.54) is 23.5 Å². The predicted octanol–water partition coefficient (Wildman–Crippen LogP) is 5.46. The lowest BCUT2D eigenvalue weighted by molar-refractivity contribution is -0.137. The van der Waals surface area contributed by atoms with Gasteiger partial charge in [0.15, 0.2) is 5.13 Å². The molecule has 33 heavy (non-hydrogen) atoms. The second-order valence-corrected chi connectivity index (χ2v) is 7.75. The molecular weight excluding hydrogens is 457 g/mol. The van der Waals surface area contributed by atoms with Gasteiger partial charge in [0.1, 0.15) is 5.75 Å². The third-order valence-electron chi connectivity index (χ3n) is 4.61. The SMILES string of the molecule is COc1ccc(-c2csc(NC(=O)CCc3nnc(-c4cccc(C(F)(F)F)c4)o3)n2)cc1. The highest BCUT2D eigenvalue weighted by Gasteiger charge is 2.30. The molecule has 0 saturated carbocycles. The number of aryl methyl sites for hydroxylation is 1. The quantitative estimate of drug-likeness (QED) is 0.383. The molecule has 1 amide bonds.